The summed E-state index contributed by atoms with van der Waals surface area (Å²) in [5.74, 6) is -2.10. The summed E-state index contributed by atoms with van der Waals surface area (Å²) < 4.78 is 26.4. The number of carbonyl (C=O) groups is 1. The molecule has 1 aliphatic carbocycles. The fourth-order valence-electron chi connectivity index (χ4n) is 4.58. The normalized spacial score (nSPS) is 17.0. The van der Waals surface area contributed by atoms with E-state index in [-0.39, 0.29) is 18.7 Å². The largest absolute Gasteiger partial charge is 0.340 e. The first-order valence-corrected chi connectivity index (χ1v) is 12.2. The molecule has 0 atom stereocenters. The topological polar surface area (TPSA) is 86.8 Å². The van der Waals surface area contributed by atoms with Gasteiger partial charge in [-0.2, -0.15) is 5.10 Å². The highest BCUT2D eigenvalue weighted by molar-refractivity contribution is 7.15. The summed E-state index contributed by atoms with van der Waals surface area (Å²) >= 11 is 1.63. The smallest absolute Gasteiger partial charge is 0.249 e. The molecule has 0 spiro atoms. The molecule has 0 bridgehead atoms. The third kappa shape index (κ3) is 4.41. The van der Waals surface area contributed by atoms with Gasteiger partial charge in [0.2, 0.25) is 11.8 Å². The van der Waals surface area contributed by atoms with Crippen molar-refractivity contribution in [2.45, 2.75) is 31.7 Å². The molecule has 10 heteroatoms. The van der Waals surface area contributed by atoms with Crippen molar-refractivity contribution < 1.29 is 13.6 Å². The summed E-state index contributed by atoms with van der Waals surface area (Å²) in [5.41, 5.74) is 4.04. The zero-order valence-electron chi connectivity index (χ0n) is 18.7. The van der Waals surface area contributed by atoms with Crippen molar-refractivity contribution in [3.63, 3.8) is 0 Å². The molecule has 0 radical (unpaired) electrons. The van der Waals surface area contributed by atoms with Crippen LogP contribution in [0.25, 0.3) is 21.8 Å². The van der Waals surface area contributed by atoms with Crippen LogP contribution in [-0.4, -0.2) is 43.4 Å². The summed E-state index contributed by atoms with van der Waals surface area (Å²) in [6.07, 6.45) is 5.40. The van der Waals surface area contributed by atoms with Gasteiger partial charge in [0, 0.05) is 60.4 Å². The highest BCUT2D eigenvalue weighted by Crippen LogP contribution is 2.44. The second-order valence-electron chi connectivity index (χ2n) is 8.98. The van der Waals surface area contributed by atoms with Crippen molar-refractivity contribution in [2.24, 2.45) is 5.92 Å². The lowest BCUT2D eigenvalue weighted by Gasteiger charge is -2.38. The molecule has 7 nitrogen and oxygen atoms in total. The molecule has 178 valence electrons. The Morgan fingerprint density at radius 1 is 1.17 bits per heavy atom. The number of alkyl halides is 2. The van der Waals surface area contributed by atoms with Crippen molar-refractivity contribution in [1.82, 2.24) is 25.1 Å². The number of aromatic amines is 1. The van der Waals surface area contributed by atoms with E-state index in [1.807, 2.05) is 42.6 Å². The number of thiophene rings is 1. The van der Waals surface area contributed by atoms with E-state index in [1.165, 1.54) is 4.88 Å². The molecule has 4 heterocycles. The molecule has 0 unspecified atom stereocenters. The molecule has 1 saturated carbocycles. The number of H-pyrrole nitrogens is 1. The van der Waals surface area contributed by atoms with E-state index in [2.05, 4.69) is 25.5 Å². The van der Waals surface area contributed by atoms with Crippen LogP contribution in [0.5, 0.6) is 0 Å². The van der Waals surface area contributed by atoms with Crippen LogP contribution < -0.4 is 5.32 Å². The second-order valence-corrected chi connectivity index (χ2v) is 10.1. The van der Waals surface area contributed by atoms with Crippen LogP contribution in [-0.2, 0) is 17.8 Å². The minimum atomic E-state index is -2.69. The Morgan fingerprint density at radius 2 is 2.00 bits per heavy atom. The van der Waals surface area contributed by atoms with Gasteiger partial charge in [-0.3, -0.25) is 9.89 Å². The maximum atomic E-state index is 13.2. The number of hydrogen-bond acceptors (Lipinski definition) is 6. The van der Waals surface area contributed by atoms with Crippen LogP contribution in [0.2, 0.25) is 0 Å². The molecule has 2 N–H and O–H groups in total. The number of nitrogens with one attached hydrogen (secondary N) is 2. The molecule has 2 aliphatic rings. The van der Waals surface area contributed by atoms with Crippen molar-refractivity contribution in [3.05, 3.63) is 65.4 Å². The lowest BCUT2D eigenvalue weighted by molar-refractivity contribution is -0.160. The van der Waals surface area contributed by atoms with Gasteiger partial charge in [-0.15, -0.1) is 11.3 Å². The van der Waals surface area contributed by atoms with Crippen LogP contribution in [0.4, 0.5) is 20.3 Å². The molecule has 4 aromatic rings. The van der Waals surface area contributed by atoms with E-state index in [0.29, 0.717) is 24.7 Å². The van der Waals surface area contributed by atoms with E-state index in [9.17, 15) is 13.6 Å². The molecule has 6 rings (SSSR count). The SMILES string of the molecule is O=C(C1CC(F)(F)C1)N1CCc2sc(-c3nccc(Nc4ccc(-c5cn[nH]c5)cc4)n3)cc2C1. The maximum Gasteiger partial charge on any atom is 0.249 e. The van der Waals surface area contributed by atoms with Gasteiger partial charge >= 0.3 is 0 Å². The minimum absolute atomic E-state index is 0.157. The number of benzene rings is 1. The molecule has 1 aliphatic heterocycles. The Morgan fingerprint density at radius 3 is 2.74 bits per heavy atom. The predicted octanol–water partition coefficient (Wildman–Crippen LogP) is 5.27. The van der Waals surface area contributed by atoms with E-state index in [4.69, 9.17) is 0 Å². The van der Waals surface area contributed by atoms with Gasteiger partial charge in [0.15, 0.2) is 5.82 Å². The molecule has 0 saturated heterocycles. The van der Waals surface area contributed by atoms with Crippen molar-refractivity contribution >= 4 is 28.7 Å². The highest BCUT2D eigenvalue weighted by atomic mass is 32.1. The molecular formula is C25H22F2N6OS. The van der Waals surface area contributed by atoms with Crippen LogP contribution >= 0.6 is 11.3 Å². The molecule has 35 heavy (non-hydrogen) atoms. The average molecular weight is 493 g/mol. The molecule has 3 aromatic heterocycles. The second kappa shape index (κ2) is 8.53. The number of fused-ring (bicyclic) bond motifs is 1. The number of hydrogen-bond donors (Lipinski definition) is 2. The van der Waals surface area contributed by atoms with Crippen LogP contribution in [0.1, 0.15) is 23.3 Å². The maximum absolute atomic E-state index is 13.2. The Balaban J connectivity index is 1.15. The summed E-state index contributed by atoms with van der Waals surface area (Å²) in [5, 5.41) is 10.1. The van der Waals surface area contributed by atoms with Crippen LogP contribution in [0.3, 0.4) is 0 Å². The van der Waals surface area contributed by atoms with Gasteiger partial charge in [-0.05, 0) is 41.8 Å². The number of anilines is 2. The van der Waals surface area contributed by atoms with Gasteiger partial charge in [0.25, 0.3) is 0 Å². The Kier molecular flexibility index (Phi) is 5.32. The molecule has 1 aromatic carbocycles. The zero-order valence-corrected chi connectivity index (χ0v) is 19.5. The monoisotopic (exact) mass is 492 g/mol. The first-order valence-electron chi connectivity index (χ1n) is 11.4. The Bertz CT molecular complexity index is 1360. The third-order valence-corrected chi connectivity index (χ3v) is 7.72. The van der Waals surface area contributed by atoms with Crippen molar-refractivity contribution in [3.8, 4) is 21.8 Å². The lowest BCUT2D eigenvalue weighted by atomic mass is 9.80. The number of aromatic nitrogens is 4. The summed E-state index contributed by atoms with van der Waals surface area (Å²) in [4.78, 5) is 25.6. The molecular weight excluding hydrogens is 470 g/mol. The quantitative estimate of drug-likeness (QED) is 0.396. The predicted molar refractivity (Wildman–Crippen MR) is 129 cm³/mol. The van der Waals surface area contributed by atoms with Crippen molar-refractivity contribution in [1.29, 1.82) is 0 Å². The first kappa shape index (κ1) is 21.8. The van der Waals surface area contributed by atoms with Crippen LogP contribution in [0, 0.1) is 5.92 Å². The van der Waals surface area contributed by atoms with Crippen molar-refractivity contribution in [2.75, 3.05) is 11.9 Å². The highest BCUT2D eigenvalue weighted by Gasteiger charge is 2.50. The molecule has 1 fully saturated rings. The fourth-order valence-corrected chi connectivity index (χ4v) is 5.68. The summed E-state index contributed by atoms with van der Waals surface area (Å²) in [6.45, 7) is 1.01. The van der Waals surface area contributed by atoms with Gasteiger partial charge in [0.1, 0.15) is 5.82 Å². The van der Waals surface area contributed by atoms with Gasteiger partial charge in [0.05, 0.1) is 11.1 Å². The van der Waals surface area contributed by atoms with Crippen LogP contribution in [0.15, 0.2) is 55.0 Å². The van der Waals surface area contributed by atoms with E-state index in [0.717, 1.165) is 33.7 Å². The standard InChI is InChI=1S/C25H22F2N6OS/c26-25(27)10-17(11-25)24(34)33-8-6-20-16(14-33)9-21(35-20)23-28-7-5-22(32-23)31-19-3-1-15(2-4-19)18-12-29-30-13-18/h1-5,7,9,12-13,17H,6,8,10-11,14H2,(H,29,30)(H,28,31,32). The zero-order chi connectivity index (χ0) is 24.0. The van der Waals surface area contributed by atoms with E-state index in [1.54, 1.807) is 28.6 Å². The number of amides is 1. The Labute approximate surface area is 204 Å². The first-order chi connectivity index (χ1) is 16.9. The fraction of sp³-hybridized carbons (Fsp3) is 0.280. The van der Waals surface area contributed by atoms with Gasteiger partial charge < -0.3 is 10.2 Å². The van der Waals surface area contributed by atoms with E-state index < -0.39 is 11.8 Å². The third-order valence-electron chi connectivity index (χ3n) is 6.48. The Hall–Kier alpha value is -3.66. The average Bonchev–Trinajstić information content (AvgIpc) is 3.52. The van der Waals surface area contributed by atoms with E-state index >= 15 is 0 Å². The minimum Gasteiger partial charge on any atom is -0.340 e. The number of nitrogens with zero attached hydrogens (tertiary/aromatic N) is 4. The number of halogens is 2. The van der Waals surface area contributed by atoms with Gasteiger partial charge in [-0.1, -0.05) is 12.1 Å². The van der Waals surface area contributed by atoms with Gasteiger partial charge in [-0.25, -0.2) is 18.7 Å². The summed E-state index contributed by atoms with van der Waals surface area (Å²) in [7, 11) is 0. The molecule has 1 amide bonds. The summed E-state index contributed by atoms with van der Waals surface area (Å²) in [6, 6.07) is 11.8. The number of rotatable bonds is 5. The number of carbonyl (C=O) groups excluding carboxylic acids is 1. The lowest BCUT2D eigenvalue weighted by Crippen LogP contribution is -2.47.